The molecule has 9 N–H and O–H groups in total. The van der Waals surface area contributed by atoms with Gasteiger partial charge in [-0.3, -0.25) is 4.55 Å². The van der Waals surface area contributed by atoms with Crippen molar-refractivity contribution in [1.82, 2.24) is 19.9 Å². The van der Waals surface area contributed by atoms with Crippen molar-refractivity contribution in [1.29, 1.82) is 0 Å². The Morgan fingerprint density at radius 1 is 0.673 bits per heavy atom. The van der Waals surface area contributed by atoms with Crippen molar-refractivity contribution >= 4 is 63.3 Å². The van der Waals surface area contributed by atoms with E-state index in [1.165, 1.54) is 25.6 Å². The summed E-state index contributed by atoms with van der Waals surface area (Å²) >= 11 is 0. The van der Waals surface area contributed by atoms with Crippen LogP contribution in [0.1, 0.15) is 50.7 Å². The minimum Gasteiger partial charge on any atom is -0.497 e. The maximum atomic E-state index is 11.8. The van der Waals surface area contributed by atoms with Gasteiger partial charge in [0.1, 0.15) is 27.9 Å². The van der Waals surface area contributed by atoms with Crippen molar-refractivity contribution in [2.75, 3.05) is 37.2 Å². The lowest BCUT2D eigenvalue weighted by Crippen LogP contribution is -2.04. The lowest BCUT2D eigenvalue weighted by atomic mass is 10.0. The van der Waals surface area contributed by atoms with E-state index >= 15 is 0 Å². The molecule has 0 amide bonds. The monoisotopic (exact) mass is 762 g/mol. The Morgan fingerprint density at radius 2 is 1.12 bits per heavy atom. The molecule has 2 aromatic carbocycles. The van der Waals surface area contributed by atoms with Gasteiger partial charge in [-0.15, -0.1) is 0 Å². The van der Waals surface area contributed by atoms with Gasteiger partial charge in [0, 0.05) is 38.6 Å². The summed E-state index contributed by atoms with van der Waals surface area (Å²) in [4.78, 5) is 15.2. The number of hydrogen-bond donors (Lipinski definition) is 5. The molecule has 17 nitrogen and oxygen atoms in total. The molecule has 2 aromatic heterocycles. The van der Waals surface area contributed by atoms with Crippen LogP contribution in [-0.4, -0.2) is 55.5 Å². The van der Waals surface area contributed by atoms with Crippen LogP contribution in [0.15, 0.2) is 47.6 Å². The SMILES string of the molecule is COc1cc(C(C)C)c(Oc2cnc(N)nc2N)cc1S(=O)(=O)Cl.COc1ccc(Oc2cnc(N)nc2N)c(C(C)C)c1.O=S(=O)(O)Cl. The van der Waals surface area contributed by atoms with Gasteiger partial charge in [-0.2, -0.15) is 18.4 Å². The van der Waals surface area contributed by atoms with Crippen LogP contribution in [0, 0.1) is 0 Å². The van der Waals surface area contributed by atoms with Crippen LogP contribution >= 0.6 is 21.4 Å². The van der Waals surface area contributed by atoms with Crippen molar-refractivity contribution in [3.63, 3.8) is 0 Å². The van der Waals surface area contributed by atoms with Crippen LogP contribution in [0.25, 0.3) is 0 Å². The third-order valence-corrected chi connectivity index (χ3v) is 7.41. The first-order valence-electron chi connectivity index (χ1n) is 13.8. The smallest absolute Gasteiger partial charge is 0.353 e. The summed E-state index contributed by atoms with van der Waals surface area (Å²) in [5.41, 5.74) is 24.1. The van der Waals surface area contributed by atoms with Crippen molar-refractivity contribution in [2.45, 2.75) is 44.4 Å². The van der Waals surface area contributed by atoms with E-state index < -0.39 is 18.4 Å². The number of nitrogen functional groups attached to an aromatic ring is 4. The molecule has 0 atom stereocenters. The fourth-order valence-electron chi connectivity index (χ4n) is 3.84. The van der Waals surface area contributed by atoms with E-state index in [1.807, 2.05) is 32.0 Å². The average Bonchev–Trinajstić information content (AvgIpc) is 2.98. The van der Waals surface area contributed by atoms with Gasteiger partial charge in [0.25, 0.3) is 9.05 Å². The van der Waals surface area contributed by atoms with E-state index in [9.17, 15) is 8.42 Å². The Kier molecular flexibility index (Phi) is 14.3. The molecule has 49 heavy (non-hydrogen) atoms. The normalized spacial score (nSPS) is 11.2. The topological polar surface area (TPSA) is 281 Å². The summed E-state index contributed by atoms with van der Waals surface area (Å²) in [5.74, 6) is 3.03. The second-order valence-corrected chi connectivity index (χ2v) is 14.8. The molecule has 0 radical (unpaired) electrons. The van der Waals surface area contributed by atoms with Crippen LogP contribution in [-0.2, 0) is 18.4 Å². The largest absolute Gasteiger partial charge is 0.497 e. The van der Waals surface area contributed by atoms with Gasteiger partial charge < -0.3 is 41.9 Å². The van der Waals surface area contributed by atoms with Crippen molar-refractivity contribution in [2.24, 2.45) is 0 Å². The fourth-order valence-corrected chi connectivity index (χ4v) is 4.83. The zero-order valence-electron chi connectivity index (χ0n) is 27.1. The Balaban J connectivity index is 0.000000303. The number of benzene rings is 2. The first-order chi connectivity index (χ1) is 22.6. The Labute approximate surface area is 292 Å². The number of aromatic nitrogens is 4. The van der Waals surface area contributed by atoms with E-state index in [1.54, 1.807) is 13.2 Å². The second kappa shape index (κ2) is 17.2. The maximum Gasteiger partial charge on any atom is 0.353 e. The maximum absolute atomic E-state index is 11.8. The minimum atomic E-state index is -4.19. The molecule has 0 aliphatic carbocycles. The third kappa shape index (κ3) is 12.8. The summed E-state index contributed by atoms with van der Waals surface area (Å²) in [6, 6.07) is 8.45. The summed E-state index contributed by atoms with van der Waals surface area (Å²) in [6.07, 6.45) is 2.77. The Bertz CT molecular complexity index is 1980. The van der Waals surface area contributed by atoms with E-state index in [-0.39, 0.29) is 57.5 Å². The average molecular weight is 764 g/mol. The van der Waals surface area contributed by atoms with Crippen molar-refractivity contribution in [3.8, 4) is 34.5 Å². The first kappa shape index (κ1) is 40.6. The highest BCUT2D eigenvalue weighted by molar-refractivity contribution is 8.13. The summed E-state index contributed by atoms with van der Waals surface area (Å²) in [7, 11) is 4.29. The van der Waals surface area contributed by atoms with Crippen LogP contribution in [0.5, 0.6) is 34.5 Å². The molecule has 268 valence electrons. The number of nitrogens with two attached hydrogens (primary N) is 4. The minimum absolute atomic E-state index is 0.00249. The summed E-state index contributed by atoms with van der Waals surface area (Å²) < 4.78 is 70.6. The number of ether oxygens (including phenoxy) is 4. The molecule has 0 fully saturated rings. The highest BCUT2D eigenvalue weighted by Crippen LogP contribution is 2.40. The van der Waals surface area contributed by atoms with Gasteiger partial charge in [-0.1, -0.05) is 27.7 Å². The lowest BCUT2D eigenvalue weighted by Gasteiger charge is -2.17. The van der Waals surface area contributed by atoms with Crippen LogP contribution in [0.4, 0.5) is 23.5 Å². The first-order valence-corrected chi connectivity index (χ1v) is 18.3. The van der Waals surface area contributed by atoms with Gasteiger partial charge >= 0.3 is 9.33 Å². The van der Waals surface area contributed by atoms with Gasteiger partial charge in [-0.25, -0.2) is 18.4 Å². The molecule has 0 aliphatic heterocycles. The number of hydrogen-bond acceptors (Lipinski definition) is 16. The number of methoxy groups -OCH3 is 2. The summed E-state index contributed by atoms with van der Waals surface area (Å²) in [6.45, 7) is 7.98. The van der Waals surface area contributed by atoms with Gasteiger partial charge in [0.2, 0.25) is 11.9 Å². The lowest BCUT2D eigenvalue weighted by molar-refractivity contribution is 0.398. The van der Waals surface area contributed by atoms with Crippen LogP contribution in [0.2, 0.25) is 0 Å². The molecular formula is C28H36Cl2N8O9S2. The molecule has 21 heteroatoms. The molecule has 4 rings (SSSR count). The van der Waals surface area contributed by atoms with Gasteiger partial charge in [-0.05, 0) is 36.1 Å². The molecule has 0 saturated heterocycles. The van der Waals surface area contributed by atoms with Crippen LogP contribution in [0.3, 0.4) is 0 Å². The van der Waals surface area contributed by atoms with Crippen molar-refractivity contribution in [3.05, 3.63) is 53.9 Å². The Hall–Kier alpha value is -4.56. The molecule has 0 aliphatic rings. The molecule has 0 saturated carbocycles. The Morgan fingerprint density at radius 3 is 1.51 bits per heavy atom. The quantitative estimate of drug-likeness (QED) is 0.110. The number of nitrogens with zero attached hydrogens (tertiary/aromatic N) is 4. The highest BCUT2D eigenvalue weighted by atomic mass is 35.7. The molecular weight excluding hydrogens is 727 g/mol. The van der Waals surface area contributed by atoms with E-state index in [4.69, 9.17) is 65.5 Å². The zero-order chi connectivity index (χ0) is 37.3. The molecule has 4 aromatic rings. The fraction of sp³-hybridized carbons (Fsp3) is 0.286. The number of anilines is 4. The molecule has 2 heterocycles. The van der Waals surface area contributed by atoms with E-state index in [2.05, 4.69) is 44.5 Å². The number of rotatable bonds is 9. The predicted octanol–water partition coefficient (Wildman–Crippen LogP) is 5.09. The van der Waals surface area contributed by atoms with Gasteiger partial charge in [0.05, 0.1) is 26.6 Å². The van der Waals surface area contributed by atoms with Crippen molar-refractivity contribution < 1.29 is 40.3 Å². The molecule has 0 spiro atoms. The van der Waals surface area contributed by atoms with E-state index in [0.29, 0.717) is 17.1 Å². The second-order valence-electron chi connectivity index (χ2n) is 10.3. The van der Waals surface area contributed by atoms with Gasteiger partial charge in [0.15, 0.2) is 23.1 Å². The third-order valence-electron chi connectivity index (χ3n) is 6.06. The summed E-state index contributed by atoms with van der Waals surface area (Å²) in [5, 5.41) is 0. The predicted molar refractivity (Wildman–Crippen MR) is 186 cm³/mol. The number of halogens is 2. The zero-order valence-corrected chi connectivity index (χ0v) is 30.2. The standard InChI is InChI=1S/C14H17ClN4O4S.C14H18N4O2.ClHO3S/c1-7(2)8-4-10(22-3)12(24(15,20)21)5-9(8)23-11-6-18-14(17)19-13(11)16;1-8(2)10-6-9(19-3)4-5-11(10)20-12-7-17-14(16)18-13(12)15;1-5(2,3)4/h4-7H,1-3H3,(H4,16,17,18,19);4-8H,1-3H3,(H4,15,16,17,18);(H,2,3,4). The van der Waals surface area contributed by atoms with Crippen LogP contribution < -0.4 is 41.9 Å². The molecule has 0 bridgehead atoms. The van der Waals surface area contributed by atoms with E-state index in [0.717, 1.165) is 11.3 Å². The molecule has 0 unspecified atom stereocenters. The highest BCUT2D eigenvalue weighted by Gasteiger charge is 2.23.